The Morgan fingerprint density at radius 1 is 1.41 bits per heavy atom. The number of hydrogen-bond donors (Lipinski definition) is 1. The van der Waals surface area contributed by atoms with Gasteiger partial charge >= 0.3 is 0 Å². The van der Waals surface area contributed by atoms with E-state index >= 15 is 0 Å². The van der Waals surface area contributed by atoms with Gasteiger partial charge in [0.1, 0.15) is 0 Å². The van der Waals surface area contributed by atoms with Gasteiger partial charge in [0.05, 0.1) is 0 Å². The van der Waals surface area contributed by atoms with Crippen LogP contribution in [0.2, 0.25) is 0 Å². The Balaban J connectivity index is 2.06. The van der Waals surface area contributed by atoms with Crippen molar-refractivity contribution in [1.82, 2.24) is 10.3 Å². The molecular weight excluding hydrogens is 219 g/mol. The third-order valence-corrected chi connectivity index (χ3v) is 3.36. The zero-order valence-electron chi connectivity index (χ0n) is 10.0. The number of hydrogen-bond acceptors (Lipinski definition) is 2. The van der Waals surface area contributed by atoms with E-state index < -0.39 is 5.95 Å². The highest BCUT2D eigenvalue weighted by Gasteiger charge is 2.28. The van der Waals surface area contributed by atoms with E-state index in [4.69, 9.17) is 0 Å². The largest absolute Gasteiger partial charge is 0.347 e. The first kappa shape index (κ1) is 12.0. The topological polar surface area (TPSA) is 42.0 Å². The van der Waals surface area contributed by atoms with Crippen molar-refractivity contribution in [1.29, 1.82) is 0 Å². The molecule has 17 heavy (non-hydrogen) atoms. The van der Waals surface area contributed by atoms with Crippen molar-refractivity contribution in [2.75, 3.05) is 0 Å². The van der Waals surface area contributed by atoms with Gasteiger partial charge in [0.15, 0.2) is 0 Å². The van der Waals surface area contributed by atoms with Crippen molar-refractivity contribution >= 4 is 5.91 Å². The zero-order valence-corrected chi connectivity index (χ0v) is 10.0. The molecule has 2 rings (SSSR count). The quantitative estimate of drug-likeness (QED) is 0.802. The monoisotopic (exact) mass is 236 g/mol. The normalized spacial score (nSPS) is 18.7. The van der Waals surface area contributed by atoms with Gasteiger partial charge in [-0.25, -0.2) is 4.98 Å². The SMILES string of the molecule is CC1(NC(=O)c2ccnc(F)c2)CCCCC1. The van der Waals surface area contributed by atoms with Gasteiger partial charge in [-0.3, -0.25) is 4.79 Å². The Hall–Kier alpha value is -1.45. The second kappa shape index (κ2) is 4.82. The fourth-order valence-corrected chi connectivity index (χ4v) is 2.35. The minimum Gasteiger partial charge on any atom is -0.347 e. The Kier molecular flexibility index (Phi) is 3.41. The van der Waals surface area contributed by atoms with E-state index in [1.54, 1.807) is 0 Å². The molecule has 0 radical (unpaired) electrons. The maximum atomic E-state index is 12.9. The van der Waals surface area contributed by atoms with Crippen molar-refractivity contribution in [3.05, 3.63) is 29.8 Å². The molecule has 1 aromatic rings. The first-order chi connectivity index (χ1) is 8.09. The second-order valence-corrected chi connectivity index (χ2v) is 4.94. The van der Waals surface area contributed by atoms with Gasteiger partial charge in [-0.15, -0.1) is 0 Å². The highest BCUT2D eigenvalue weighted by atomic mass is 19.1. The molecular formula is C13H17FN2O. The summed E-state index contributed by atoms with van der Waals surface area (Å²) in [4.78, 5) is 15.4. The molecule has 4 heteroatoms. The van der Waals surface area contributed by atoms with Crippen LogP contribution in [0.5, 0.6) is 0 Å². The molecule has 0 bridgehead atoms. The molecule has 3 nitrogen and oxygen atoms in total. The van der Waals surface area contributed by atoms with Crippen molar-refractivity contribution in [2.45, 2.75) is 44.6 Å². The lowest BCUT2D eigenvalue weighted by Gasteiger charge is -2.34. The van der Waals surface area contributed by atoms with E-state index in [0.29, 0.717) is 5.56 Å². The average Bonchev–Trinajstić information content (AvgIpc) is 2.29. The lowest BCUT2D eigenvalue weighted by Crippen LogP contribution is -2.47. The maximum Gasteiger partial charge on any atom is 0.251 e. The molecule has 1 N–H and O–H groups in total. The average molecular weight is 236 g/mol. The van der Waals surface area contributed by atoms with Gasteiger partial charge in [0, 0.05) is 23.4 Å². The van der Waals surface area contributed by atoms with Crippen molar-refractivity contribution in [2.24, 2.45) is 0 Å². The van der Waals surface area contributed by atoms with Crippen LogP contribution in [0.25, 0.3) is 0 Å². The van der Waals surface area contributed by atoms with Gasteiger partial charge < -0.3 is 5.32 Å². The third kappa shape index (κ3) is 3.02. The molecule has 1 aromatic heterocycles. The second-order valence-electron chi connectivity index (χ2n) is 4.94. The molecule has 1 fully saturated rings. The van der Waals surface area contributed by atoms with Gasteiger partial charge in [-0.1, -0.05) is 19.3 Å². The molecule has 92 valence electrons. The molecule has 1 aliphatic carbocycles. The number of rotatable bonds is 2. The Morgan fingerprint density at radius 2 is 2.12 bits per heavy atom. The Bertz CT molecular complexity index is 414. The van der Waals surface area contributed by atoms with E-state index in [9.17, 15) is 9.18 Å². The third-order valence-electron chi connectivity index (χ3n) is 3.36. The van der Waals surface area contributed by atoms with Gasteiger partial charge in [0.25, 0.3) is 5.91 Å². The lowest BCUT2D eigenvalue weighted by molar-refractivity contribution is 0.0882. The van der Waals surface area contributed by atoms with Gasteiger partial charge in [0.2, 0.25) is 5.95 Å². The smallest absolute Gasteiger partial charge is 0.251 e. The van der Waals surface area contributed by atoms with E-state index in [2.05, 4.69) is 17.2 Å². The molecule has 0 unspecified atom stereocenters. The number of nitrogens with one attached hydrogen (secondary N) is 1. The van der Waals surface area contributed by atoms with E-state index in [1.807, 2.05) is 0 Å². The lowest BCUT2D eigenvalue weighted by atomic mass is 9.83. The predicted molar refractivity (Wildman–Crippen MR) is 63.2 cm³/mol. The van der Waals surface area contributed by atoms with Crippen LogP contribution in [-0.2, 0) is 0 Å². The summed E-state index contributed by atoms with van der Waals surface area (Å²) in [6, 6.07) is 2.70. The number of amides is 1. The Labute approximate surface area is 100 Å². The van der Waals surface area contributed by atoms with E-state index in [0.717, 1.165) is 25.7 Å². The molecule has 0 atom stereocenters. The van der Waals surface area contributed by atoms with Crippen LogP contribution in [0.1, 0.15) is 49.4 Å². The number of halogens is 1. The van der Waals surface area contributed by atoms with Crippen LogP contribution in [0.4, 0.5) is 4.39 Å². The van der Waals surface area contributed by atoms with Crippen LogP contribution >= 0.6 is 0 Å². The van der Waals surface area contributed by atoms with Crippen LogP contribution in [0.3, 0.4) is 0 Å². The van der Waals surface area contributed by atoms with Crippen molar-refractivity contribution in [3.63, 3.8) is 0 Å². The zero-order chi connectivity index (χ0) is 12.3. The molecule has 1 saturated carbocycles. The minimum absolute atomic E-state index is 0.144. The number of pyridine rings is 1. The number of carbonyl (C=O) groups excluding carboxylic acids is 1. The summed E-state index contributed by atoms with van der Waals surface area (Å²) in [5, 5.41) is 3.01. The van der Waals surface area contributed by atoms with E-state index in [1.165, 1.54) is 24.8 Å². The summed E-state index contributed by atoms with van der Waals surface area (Å²) >= 11 is 0. The highest BCUT2D eigenvalue weighted by molar-refractivity contribution is 5.94. The highest BCUT2D eigenvalue weighted by Crippen LogP contribution is 2.27. The fourth-order valence-electron chi connectivity index (χ4n) is 2.35. The summed E-state index contributed by atoms with van der Waals surface area (Å²) in [5.74, 6) is -0.831. The molecule has 1 heterocycles. The molecule has 0 aromatic carbocycles. The maximum absolute atomic E-state index is 12.9. The van der Waals surface area contributed by atoms with Crippen molar-refractivity contribution < 1.29 is 9.18 Å². The Morgan fingerprint density at radius 3 is 2.76 bits per heavy atom. The molecule has 0 aliphatic heterocycles. The molecule has 0 spiro atoms. The number of aromatic nitrogens is 1. The molecule has 1 aliphatic rings. The number of carbonyl (C=O) groups is 1. The van der Waals surface area contributed by atoms with Crippen LogP contribution in [0, 0.1) is 5.95 Å². The summed E-state index contributed by atoms with van der Waals surface area (Å²) in [6.45, 7) is 2.06. The van der Waals surface area contributed by atoms with Crippen LogP contribution < -0.4 is 5.32 Å². The first-order valence-electron chi connectivity index (χ1n) is 6.03. The molecule has 0 saturated heterocycles. The summed E-state index contributed by atoms with van der Waals surface area (Å²) in [6.07, 6.45) is 6.81. The summed E-state index contributed by atoms with van der Waals surface area (Å²) in [5.41, 5.74) is 0.194. The van der Waals surface area contributed by atoms with E-state index in [-0.39, 0.29) is 11.4 Å². The van der Waals surface area contributed by atoms with Crippen LogP contribution in [0.15, 0.2) is 18.3 Å². The fraction of sp³-hybridized carbons (Fsp3) is 0.538. The van der Waals surface area contributed by atoms with Crippen molar-refractivity contribution in [3.8, 4) is 0 Å². The minimum atomic E-state index is -0.619. The van der Waals surface area contributed by atoms with Crippen LogP contribution in [-0.4, -0.2) is 16.4 Å². The summed E-state index contributed by atoms with van der Waals surface area (Å²) < 4.78 is 12.9. The standard InChI is InChI=1S/C13H17FN2O/c1-13(6-3-2-4-7-13)16-12(17)10-5-8-15-11(14)9-10/h5,8-9H,2-4,6-7H2,1H3,(H,16,17). The van der Waals surface area contributed by atoms with Gasteiger partial charge in [-0.05, 0) is 25.8 Å². The first-order valence-corrected chi connectivity index (χ1v) is 6.03. The predicted octanol–water partition coefficient (Wildman–Crippen LogP) is 2.67. The number of nitrogens with zero attached hydrogens (tertiary/aromatic N) is 1. The molecule has 1 amide bonds. The summed E-state index contributed by atoms with van der Waals surface area (Å²) in [7, 11) is 0. The van der Waals surface area contributed by atoms with Gasteiger partial charge in [-0.2, -0.15) is 4.39 Å².